The Kier molecular flexibility index (Phi) is 3.28. The Morgan fingerprint density at radius 3 is 2.44 bits per heavy atom. The number of ketones is 1. The first kappa shape index (κ1) is 11.6. The normalized spacial score (nSPS) is 23.8. The fraction of sp³-hybridized carbons (Fsp3) is 0.833. The second kappa shape index (κ2) is 4.53. The second-order valence-electron chi connectivity index (χ2n) is 4.69. The van der Waals surface area contributed by atoms with E-state index in [1.807, 2.05) is 0 Å². The summed E-state index contributed by atoms with van der Waals surface area (Å²) >= 11 is 0. The van der Waals surface area contributed by atoms with E-state index in [0.717, 1.165) is 25.9 Å². The molecule has 1 N–H and O–H groups in total. The SMILES string of the molecule is CCOC(=O)C1(C(=O)C2CC2)CCNCC1. The molecule has 0 unspecified atom stereocenters. The minimum atomic E-state index is -0.831. The van der Waals surface area contributed by atoms with Crippen molar-refractivity contribution in [2.75, 3.05) is 19.7 Å². The summed E-state index contributed by atoms with van der Waals surface area (Å²) in [5, 5.41) is 3.19. The first-order chi connectivity index (χ1) is 7.70. The minimum absolute atomic E-state index is 0.127. The molecule has 1 saturated heterocycles. The van der Waals surface area contributed by atoms with E-state index in [9.17, 15) is 9.59 Å². The molecule has 2 rings (SSSR count). The highest BCUT2D eigenvalue weighted by Crippen LogP contribution is 2.42. The summed E-state index contributed by atoms with van der Waals surface area (Å²) in [4.78, 5) is 24.3. The van der Waals surface area contributed by atoms with Crippen LogP contribution in [0.15, 0.2) is 0 Å². The summed E-state index contributed by atoms with van der Waals surface area (Å²) in [6, 6.07) is 0. The summed E-state index contributed by atoms with van der Waals surface area (Å²) < 4.78 is 5.10. The molecule has 1 saturated carbocycles. The van der Waals surface area contributed by atoms with Crippen LogP contribution < -0.4 is 5.32 Å². The predicted molar refractivity (Wildman–Crippen MR) is 58.9 cm³/mol. The number of hydrogen-bond acceptors (Lipinski definition) is 4. The molecule has 2 fully saturated rings. The highest BCUT2D eigenvalue weighted by Gasteiger charge is 2.52. The molecule has 0 amide bonds. The van der Waals surface area contributed by atoms with Crippen molar-refractivity contribution < 1.29 is 14.3 Å². The zero-order valence-corrected chi connectivity index (χ0v) is 9.75. The van der Waals surface area contributed by atoms with Crippen LogP contribution in [-0.4, -0.2) is 31.4 Å². The number of nitrogens with one attached hydrogen (secondary N) is 1. The van der Waals surface area contributed by atoms with Crippen molar-refractivity contribution in [3.8, 4) is 0 Å². The Hall–Kier alpha value is -0.900. The lowest BCUT2D eigenvalue weighted by Gasteiger charge is -2.33. The summed E-state index contributed by atoms with van der Waals surface area (Å²) in [5.41, 5.74) is -0.831. The third-order valence-electron chi connectivity index (χ3n) is 3.54. The van der Waals surface area contributed by atoms with Crippen LogP contribution in [0.4, 0.5) is 0 Å². The quantitative estimate of drug-likeness (QED) is 0.570. The largest absolute Gasteiger partial charge is 0.465 e. The average Bonchev–Trinajstić information content (AvgIpc) is 3.13. The van der Waals surface area contributed by atoms with Gasteiger partial charge in [0, 0.05) is 5.92 Å². The third kappa shape index (κ3) is 1.98. The van der Waals surface area contributed by atoms with Gasteiger partial charge in [0.25, 0.3) is 0 Å². The van der Waals surface area contributed by atoms with Gasteiger partial charge in [0.15, 0.2) is 5.78 Å². The third-order valence-corrected chi connectivity index (χ3v) is 3.54. The molecule has 1 aliphatic heterocycles. The summed E-state index contributed by atoms with van der Waals surface area (Å²) in [6.45, 7) is 3.61. The molecule has 0 aromatic rings. The fourth-order valence-electron chi connectivity index (χ4n) is 2.41. The Morgan fingerprint density at radius 1 is 1.31 bits per heavy atom. The minimum Gasteiger partial charge on any atom is -0.465 e. The van der Waals surface area contributed by atoms with E-state index in [1.165, 1.54) is 0 Å². The van der Waals surface area contributed by atoms with Gasteiger partial charge in [-0.1, -0.05) is 0 Å². The molecule has 1 aliphatic carbocycles. The molecule has 90 valence electrons. The van der Waals surface area contributed by atoms with Gasteiger partial charge in [-0.2, -0.15) is 0 Å². The molecule has 1 heterocycles. The van der Waals surface area contributed by atoms with Crippen molar-refractivity contribution in [2.45, 2.75) is 32.6 Å². The van der Waals surface area contributed by atoms with Gasteiger partial charge in [-0.3, -0.25) is 9.59 Å². The first-order valence-electron chi connectivity index (χ1n) is 6.13. The Bertz CT molecular complexity index is 291. The summed E-state index contributed by atoms with van der Waals surface area (Å²) in [5.74, 6) is -0.0386. The highest BCUT2D eigenvalue weighted by molar-refractivity contribution is 6.05. The monoisotopic (exact) mass is 225 g/mol. The van der Waals surface area contributed by atoms with E-state index in [2.05, 4.69) is 5.32 Å². The van der Waals surface area contributed by atoms with E-state index in [0.29, 0.717) is 19.4 Å². The van der Waals surface area contributed by atoms with Gasteiger partial charge in [-0.05, 0) is 45.7 Å². The van der Waals surface area contributed by atoms with Gasteiger partial charge in [0.05, 0.1) is 6.61 Å². The highest BCUT2D eigenvalue weighted by atomic mass is 16.5. The van der Waals surface area contributed by atoms with Gasteiger partial charge in [0.2, 0.25) is 0 Å². The molecule has 0 atom stereocenters. The van der Waals surface area contributed by atoms with Crippen molar-refractivity contribution in [2.24, 2.45) is 11.3 Å². The molecule has 0 aromatic carbocycles. The second-order valence-corrected chi connectivity index (χ2v) is 4.69. The number of piperidine rings is 1. The lowest BCUT2D eigenvalue weighted by Crippen LogP contribution is -2.49. The molecular weight excluding hydrogens is 206 g/mol. The zero-order valence-electron chi connectivity index (χ0n) is 9.75. The van der Waals surface area contributed by atoms with E-state index in [4.69, 9.17) is 4.74 Å². The van der Waals surface area contributed by atoms with Gasteiger partial charge in [0.1, 0.15) is 5.41 Å². The number of carbonyl (C=O) groups excluding carboxylic acids is 2. The smallest absolute Gasteiger partial charge is 0.319 e. The Balaban J connectivity index is 2.16. The first-order valence-corrected chi connectivity index (χ1v) is 6.13. The Morgan fingerprint density at radius 2 is 1.94 bits per heavy atom. The summed E-state index contributed by atoms with van der Waals surface area (Å²) in [7, 11) is 0. The van der Waals surface area contributed by atoms with Crippen molar-refractivity contribution in [3.05, 3.63) is 0 Å². The number of carbonyl (C=O) groups is 2. The fourth-order valence-corrected chi connectivity index (χ4v) is 2.41. The van der Waals surface area contributed by atoms with Crippen LogP contribution in [0.2, 0.25) is 0 Å². The average molecular weight is 225 g/mol. The van der Waals surface area contributed by atoms with E-state index in [-0.39, 0.29) is 17.7 Å². The van der Waals surface area contributed by atoms with Crippen LogP contribution >= 0.6 is 0 Å². The van der Waals surface area contributed by atoms with Crippen LogP contribution in [-0.2, 0) is 14.3 Å². The molecular formula is C12H19NO3. The molecule has 4 nitrogen and oxygen atoms in total. The Labute approximate surface area is 95.7 Å². The molecule has 4 heteroatoms. The lowest BCUT2D eigenvalue weighted by atomic mass is 9.73. The number of ether oxygens (including phenoxy) is 1. The van der Waals surface area contributed by atoms with Gasteiger partial charge in [-0.25, -0.2) is 0 Å². The molecule has 0 bridgehead atoms. The maximum absolute atomic E-state index is 12.3. The van der Waals surface area contributed by atoms with Crippen molar-refractivity contribution >= 4 is 11.8 Å². The van der Waals surface area contributed by atoms with E-state index >= 15 is 0 Å². The molecule has 0 spiro atoms. The molecule has 0 radical (unpaired) electrons. The molecule has 16 heavy (non-hydrogen) atoms. The van der Waals surface area contributed by atoms with Crippen LogP contribution in [0.5, 0.6) is 0 Å². The van der Waals surface area contributed by atoms with Crippen molar-refractivity contribution in [3.63, 3.8) is 0 Å². The lowest BCUT2D eigenvalue weighted by molar-refractivity contribution is -0.162. The van der Waals surface area contributed by atoms with Crippen LogP contribution in [0.25, 0.3) is 0 Å². The van der Waals surface area contributed by atoms with Crippen LogP contribution in [0, 0.1) is 11.3 Å². The number of rotatable bonds is 4. The van der Waals surface area contributed by atoms with Crippen LogP contribution in [0.1, 0.15) is 32.6 Å². The predicted octanol–water partition coefficient (Wildman–Crippen LogP) is 0.898. The molecule has 0 aromatic heterocycles. The van der Waals surface area contributed by atoms with Gasteiger partial charge in [-0.15, -0.1) is 0 Å². The van der Waals surface area contributed by atoms with E-state index < -0.39 is 5.41 Å². The maximum atomic E-state index is 12.3. The number of hydrogen-bond donors (Lipinski definition) is 1. The summed E-state index contributed by atoms with van der Waals surface area (Å²) in [6.07, 6.45) is 3.10. The van der Waals surface area contributed by atoms with Gasteiger partial charge >= 0.3 is 5.97 Å². The number of Topliss-reactive ketones (excluding diaryl/α,β-unsaturated/α-hetero) is 1. The van der Waals surface area contributed by atoms with Crippen LogP contribution in [0.3, 0.4) is 0 Å². The topological polar surface area (TPSA) is 55.4 Å². The number of esters is 1. The maximum Gasteiger partial charge on any atom is 0.319 e. The van der Waals surface area contributed by atoms with Crippen molar-refractivity contribution in [1.29, 1.82) is 0 Å². The van der Waals surface area contributed by atoms with Gasteiger partial charge < -0.3 is 10.1 Å². The zero-order chi connectivity index (χ0) is 11.6. The van der Waals surface area contributed by atoms with E-state index in [1.54, 1.807) is 6.92 Å². The molecule has 2 aliphatic rings. The standard InChI is InChI=1S/C12H19NO3/c1-2-16-11(15)12(5-7-13-8-6-12)10(14)9-3-4-9/h9,13H,2-8H2,1H3. The van der Waals surface area contributed by atoms with Crippen molar-refractivity contribution in [1.82, 2.24) is 5.32 Å².